The first-order valence-corrected chi connectivity index (χ1v) is 9.36. The average Bonchev–Trinajstić information content (AvgIpc) is 2.76. The second-order valence-corrected chi connectivity index (χ2v) is 6.82. The summed E-state index contributed by atoms with van der Waals surface area (Å²) in [7, 11) is 0. The van der Waals surface area contributed by atoms with Crippen molar-refractivity contribution in [3.8, 4) is 0 Å². The van der Waals surface area contributed by atoms with Gasteiger partial charge in [0.15, 0.2) is 0 Å². The molecule has 0 bridgehead atoms. The number of carbonyl (C=O) groups excluding carboxylic acids is 1. The minimum absolute atomic E-state index is 0.0710. The van der Waals surface area contributed by atoms with Gasteiger partial charge in [0.2, 0.25) is 0 Å². The molecule has 1 saturated heterocycles. The molecule has 0 unspecified atom stereocenters. The normalized spacial score (nSPS) is 14.0. The molecule has 7 heteroatoms. The topological polar surface area (TPSA) is 48.5 Å². The van der Waals surface area contributed by atoms with Gasteiger partial charge in [0.25, 0.3) is 5.91 Å². The number of anilines is 3. The van der Waals surface area contributed by atoms with Crippen molar-refractivity contribution in [2.24, 2.45) is 0 Å². The Labute approximate surface area is 167 Å². The van der Waals surface area contributed by atoms with Crippen molar-refractivity contribution < 1.29 is 13.6 Å². The van der Waals surface area contributed by atoms with Gasteiger partial charge in [-0.1, -0.05) is 18.2 Å². The first-order chi connectivity index (χ1) is 14.1. The first kappa shape index (κ1) is 18.9. The van der Waals surface area contributed by atoms with E-state index in [0.29, 0.717) is 5.56 Å². The summed E-state index contributed by atoms with van der Waals surface area (Å²) in [5, 5.41) is 2.47. The molecular formula is C22H20F2N4O. The number of nitrogens with one attached hydrogen (secondary N) is 1. The third kappa shape index (κ3) is 4.34. The van der Waals surface area contributed by atoms with Crippen LogP contribution in [-0.2, 0) is 0 Å². The molecule has 2 aromatic carbocycles. The summed E-state index contributed by atoms with van der Waals surface area (Å²) >= 11 is 0. The Bertz CT molecular complexity index is 1000. The standard InChI is InChI=1S/C22H20F2N4O/c23-17-6-7-21(20(24)13-17)26-22(29)16-12-19(15-25-14-16)28-10-8-27(9-11-28)18-4-2-1-3-5-18/h1-7,12-15H,8-11H2,(H,26,29). The molecule has 0 radical (unpaired) electrons. The van der Waals surface area contributed by atoms with Gasteiger partial charge >= 0.3 is 0 Å². The van der Waals surface area contributed by atoms with E-state index >= 15 is 0 Å². The van der Waals surface area contributed by atoms with Crippen LogP contribution in [0.1, 0.15) is 10.4 Å². The Hall–Kier alpha value is -3.48. The van der Waals surface area contributed by atoms with Gasteiger partial charge in [0, 0.05) is 44.1 Å². The average molecular weight is 394 g/mol. The summed E-state index contributed by atoms with van der Waals surface area (Å²) < 4.78 is 26.8. The Morgan fingerprint density at radius 3 is 2.24 bits per heavy atom. The highest BCUT2D eigenvalue weighted by Gasteiger charge is 2.19. The number of hydrogen-bond acceptors (Lipinski definition) is 4. The van der Waals surface area contributed by atoms with Crippen molar-refractivity contribution >= 4 is 23.0 Å². The van der Waals surface area contributed by atoms with Crippen LogP contribution in [0.3, 0.4) is 0 Å². The number of pyridine rings is 1. The van der Waals surface area contributed by atoms with Crippen LogP contribution in [-0.4, -0.2) is 37.1 Å². The van der Waals surface area contributed by atoms with Gasteiger partial charge in [-0.05, 0) is 30.3 Å². The van der Waals surface area contributed by atoms with Gasteiger partial charge in [0.05, 0.1) is 23.1 Å². The zero-order chi connectivity index (χ0) is 20.2. The van der Waals surface area contributed by atoms with E-state index in [1.54, 1.807) is 12.3 Å². The van der Waals surface area contributed by atoms with Gasteiger partial charge in [0.1, 0.15) is 11.6 Å². The number of carbonyl (C=O) groups is 1. The molecule has 1 aliphatic rings. The number of rotatable bonds is 4. The highest BCUT2D eigenvalue weighted by atomic mass is 19.1. The summed E-state index contributed by atoms with van der Waals surface area (Å²) in [6, 6.07) is 15.0. The smallest absolute Gasteiger partial charge is 0.257 e. The molecule has 1 aliphatic heterocycles. The van der Waals surface area contributed by atoms with E-state index < -0.39 is 17.5 Å². The van der Waals surface area contributed by atoms with Crippen molar-refractivity contribution in [3.05, 3.63) is 84.2 Å². The zero-order valence-corrected chi connectivity index (χ0v) is 15.7. The minimum Gasteiger partial charge on any atom is -0.368 e. The van der Waals surface area contributed by atoms with Gasteiger partial charge in [-0.2, -0.15) is 0 Å². The van der Waals surface area contributed by atoms with E-state index in [-0.39, 0.29) is 5.69 Å². The number of amides is 1. The number of nitrogens with zero attached hydrogens (tertiary/aromatic N) is 3. The summed E-state index contributed by atoms with van der Waals surface area (Å²) in [6.45, 7) is 3.32. The van der Waals surface area contributed by atoms with E-state index in [2.05, 4.69) is 32.2 Å². The van der Waals surface area contributed by atoms with Gasteiger partial charge in [-0.25, -0.2) is 8.78 Å². The lowest BCUT2D eigenvalue weighted by Gasteiger charge is -2.37. The monoisotopic (exact) mass is 394 g/mol. The molecule has 0 aliphatic carbocycles. The lowest BCUT2D eigenvalue weighted by Crippen LogP contribution is -2.46. The maximum absolute atomic E-state index is 13.8. The van der Waals surface area contributed by atoms with Crippen LogP contribution >= 0.6 is 0 Å². The quantitative estimate of drug-likeness (QED) is 0.728. The summed E-state index contributed by atoms with van der Waals surface area (Å²) in [5.41, 5.74) is 2.28. The van der Waals surface area contributed by atoms with E-state index in [1.807, 2.05) is 18.2 Å². The van der Waals surface area contributed by atoms with Crippen LogP contribution in [0.25, 0.3) is 0 Å². The van der Waals surface area contributed by atoms with Crippen molar-refractivity contribution in [1.82, 2.24) is 4.98 Å². The summed E-state index contributed by atoms with van der Waals surface area (Å²) in [6.07, 6.45) is 3.15. The molecule has 0 atom stereocenters. The number of benzene rings is 2. The molecule has 2 heterocycles. The Kier molecular flexibility index (Phi) is 5.37. The molecule has 5 nitrogen and oxygen atoms in total. The van der Waals surface area contributed by atoms with Crippen LogP contribution in [0.2, 0.25) is 0 Å². The predicted molar refractivity (Wildman–Crippen MR) is 109 cm³/mol. The molecule has 1 fully saturated rings. The van der Waals surface area contributed by atoms with Crippen molar-refractivity contribution in [2.75, 3.05) is 41.3 Å². The second-order valence-electron chi connectivity index (χ2n) is 6.82. The number of para-hydroxylation sites is 1. The Morgan fingerprint density at radius 2 is 1.55 bits per heavy atom. The van der Waals surface area contributed by atoms with Gasteiger partial charge in [-0.15, -0.1) is 0 Å². The third-order valence-electron chi connectivity index (χ3n) is 4.93. The van der Waals surface area contributed by atoms with Crippen LogP contribution in [0.5, 0.6) is 0 Å². The second kappa shape index (κ2) is 8.26. The molecule has 0 spiro atoms. The number of halogens is 2. The summed E-state index contributed by atoms with van der Waals surface area (Å²) in [4.78, 5) is 21.1. The van der Waals surface area contributed by atoms with Crippen LogP contribution in [0.4, 0.5) is 25.8 Å². The lowest BCUT2D eigenvalue weighted by molar-refractivity contribution is 0.102. The molecular weight excluding hydrogens is 374 g/mol. The number of hydrogen-bond donors (Lipinski definition) is 1. The SMILES string of the molecule is O=C(Nc1ccc(F)cc1F)c1cncc(N2CCN(c3ccccc3)CC2)c1. The van der Waals surface area contributed by atoms with Crippen LogP contribution < -0.4 is 15.1 Å². The van der Waals surface area contributed by atoms with E-state index in [0.717, 1.165) is 44.0 Å². The molecule has 1 N–H and O–H groups in total. The fraction of sp³-hybridized carbons (Fsp3) is 0.182. The number of piperazine rings is 1. The molecule has 1 aromatic heterocycles. The van der Waals surface area contributed by atoms with E-state index in [9.17, 15) is 13.6 Å². The Morgan fingerprint density at radius 1 is 0.862 bits per heavy atom. The highest BCUT2D eigenvalue weighted by Crippen LogP contribution is 2.21. The summed E-state index contributed by atoms with van der Waals surface area (Å²) in [5.74, 6) is -2.01. The molecule has 4 rings (SSSR count). The zero-order valence-electron chi connectivity index (χ0n) is 15.7. The minimum atomic E-state index is -0.820. The maximum atomic E-state index is 13.8. The fourth-order valence-electron chi connectivity index (χ4n) is 3.37. The van der Waals surface area contributed by atoms with Crippen molar-refractivity contribution in [3.63, 3.8) is 0 Å². The fourth-order valence-corrected chi connectivity index (χ4v) is 3.37. The van der Waals surface area contributed by atoms with E-state index in [4.69, 9.17) is 0 Å². The van der Waals surface area contributed by atoms with Crippen molar-refractivity contribution in [1.29, 1.82) is 0 Å². The molecule has 1 amide bonds. The van der Waals surface area contributed by atoms with Crippen LogP contribution in [0.15, 0.2) is 67.0 Å². The van der Waals surface area contributed by atoms with Crippen LogP contribution in [0, 0.1) is 11.6 Å². The molecule has 29 heavy (non-hydrogen) atoms. The molecule has 0 saturated carbocycles. The molecule has 3 aromatic rings. The third-order valence-corrected chi connectivity index (χ3v) is 4.93. The van der Waals surface area contributed by atoms with Crippen molar-refractivity contribution in [2.45, 2.75) is 0 Å². The first-order valence-electron chi connectivity index (χ1n) is 9.36. The largest absolute Gasteiger partial charge is 0.368 e. The van der Waals surface area contributed by atoms with Gasteiger partial charge < -0.3 is 15.1 Å². The highest BCUT2D eigenvalue weighted by molar-refractivity contribution is 6.04. The predicted octanol–water partition coefficient (Wildman–Crippen LogP) is 3.94. The number of aromatic nitrogens is 1. The maximum Gasteiger partial charge on any atom is 0.257 e. The Balaban J connectivity index is 1.43. The molecule has 148 valence electrons. The van der Waals surface area contributed by atoms with E-state index in [1.165, 1.54) is 18.0 Å². The van der Waals surface area contributed by atoms with Gasteiger partial charge in [-0.3, -0.25) is 9.78 Å². The lowest BCUT2D eigenvalue weighted by atomic mass is 10.2.